The molecule has 0 unspecified atom stereocenters. The number of ether oxygens (including phenoxy) is 18. The van der Waals surface area contributed by atoms with E-state index in [9.17, 15) is 9.59 Å². The highest BCUT2D eigenvalue weighted by Gasteiger charge is 2.61. The number of benzene rings is 7. The van der Waals surface area contributed by atoms with Crippen molar-refractivity contribution in [3.63, 3.8) is 0 Å². The number of amides is 1. The highest BCUT2D eigenvalue weighted by Crippen LogP contribution is 2.43. The zero-order valence-electron chi connectivity index (χ0n) is 60.4. The Morgan fingerprint density at radius 3 is 1.29 bits per heavy atom. The average Bonchev–Trinajstić information content (AvgIpc) is 0.753. The van der Waals surface area contributed by atoms with E-state index in [-0.39, 0.29) is 66.1 Å². The van der Waals surface area contributed by atoms with Gasteiger partial charge in [-0.15, -0.1) is 6.58 Å². The number of esters is 1. The number of hydrogen-bond acceptors (Lipinski definition) is 20. The third-order valence-corrected chi connectivity index (χ3v) is 19.4. The monoisotopic (exact) mass is 1530 g/mol. The molecule has 1 amide bonds. The summed E-state index contributed by atoms with van der Waals surface area (Å²) in [6.07, 6.45) is -20.6. The van der Waals surface area contributed by atoms with Crippen LogP contribution in [-0.2, 0) is 141 Å². The molecule has 0 radical (unpaired) electrons. The van der Waals surface area contributed by atoms with E-state index in [0.29, 0.717) is 0 Å². The van der Waals surface area contributed by atoms with Gasteiger partial charge in [-0.3, -0.25) is 9.59 Å². The summed E-state index contributed by atoms with van der Waals surface area (Å²) in [4.78, 5) is 28.4. The van der Waals surface area contributed by atoms with Crippen LogP contribution in [0.25, 0.3) is 0 Å². The molecule has 21 nitrogen and oxygen atoms in total. The summed E-state index contributed by atoms with van der Waals surface area (Å²) in [5.74, 6) is -3.10. The third kappa shape index (κ3) is 22.1. The number of rotatable bonds is 33. The molecule has 7 aromatic carbocycles. The second-order valence-corrected chi connectivity index (χ2v) is 29.6. The van der Waals surface area contributed by atoms with Crippen molar-refractivity contribution in [3.8, 4) is 0 Å². The van der Waals surface area contributed by atoms with Crippen LogP contribution in [0.1, 0.15) is 73.6 Å². The molecule has 5 fully saturated rings. The molecule has 0 spiro atoms. The van der Waals surface area contributed by atoms with Gasteiger partial charge in [-0.2, -0.15) is 0 Å². The van der Waals surface area contributed by atoms with Gasteiger partial charge in [0.2, 0.25) is 0 Å². The van der Waals surface area contributed by atoms with Gasteiger partial charge < -0.3 is 90.6 Å². The molecule has 0 aromatic heterocycles. The number of carbonyl (C=O) groups excluding carboxylic acids is 2. The van der Waals surface area contributed by atoms with Crippen LogP contribution in [0, 0.1) is 0 Å². The van der Waals surface area contributed by atoms with E-state index in [4.69, 9.17) is 120 Å². The summed E-state index contributed by atoms with van der Waals surface area (Å²) < 4.78 is 123. The van der Waals surface area contributed by atoms with Crippen LogP contribution >= 0.6 is 34.8 Å². The number of hydrogen-bond donors (Lipinski definition) is 1. The van der Waals surface area contributed by atoms with Gasteiger partial charge >= 0.3 is 5.97 Å². The highest BCUT2D eigenvalue weighted by atomic mass is 35.6. The Balaban J connectivity index is 0.967. The van der Waals surface area contributed by atoms with Crippen molar-refractivity contribution in [2.75, 3.05) is 19.8 Å². The summed E-state index contributed by atoms with van der Waals surface area (Å²) in [5, 5.41) is 2.92. The van der Waals surface area contributed by atoms with E-state index in [2.05, 4.69) is 11.9 Å². The maximum Gasteiger partial charge on any atom is 0.303 e. The summed E-state index contributed by atoms with van der Waals surface area (Å²) in [7, 11) is 0. The van der Waals surface area contributed by atoms with Crippen LogP contribution in [0.5, 0.6) is 0 Å². The van der Waals surface area contributed by atoms with Crippen LogP contribution in [-0.4, -0.2) is 164 Å². The van der Waals surface area contributed by atoms with Crippen molar-refractivity contribution in [1.82, 2.24) is 5.32 Å². The summed E-state index contributed by atoms with van der Waals surface area (Å²) in [6.45, 7) is 13.0. The van der Waals surface area contributed by atoms with Gasteiger partial charge in [0.1, 0.15) is 79.3 Å². The summed E-state index contributed by atoms with van der Waals surface area (Å²) >= 11 is 19.7. The molecule has 0 saturated carbocycles. The fraction of sp³-hybridized carbons (Fsp3) is 0.446. The van der Waals surface area contributed by atoms with Gasteiger partial charge in [0, 0.05) is 6.92 Å². The molecule has 5 heterocycles. The van der Waals surface area contributed by atoms with Gasteiger partial charge in [-0.1, -0.05) is 253 Å². The third-order valence-electron chi connectivity index (χ3n) is 18.9. The molecule has 12 rings (SSSR count). The minimum Gasteiger partial charge on any atom is -0.454 e. The van der Waals surface area contributed by atoms with Crippen LogP contribution in [0.15, 0.2) is 225 Å². The van der Waals surface area contributed by atoms with Crippen molar-refractivity contribution < 1.29 is 94.9 Å². The Kier molecular flexibility index (Phi) is 29.0. The molecule has 24 heteroatoms. The van der Waals surface area contributed by atoms with E-state index in [1.807, 2.05) is 219 Å². The minimum absolute atomic E-state index is 0.0115. The van der Waals surface area contributed by atoms with E-state index in [1.54, 1.807) is 26.8 Å². The van der Waals surface area contributed by atoms with E-state index < -0.39 is 144 Å². The predicted molar refractivity (Wildman–Crippen MR) is 396 cm³/mol. The Hall–Kier alpha value is -6.59. The van der Waals surface area contributed by atoms with Crippen LogP contribution in [0.3, 0.4) is 0 Å². The number of fused-ring (bicyclic) bond motifs is 1. The lowest BCUT2D eigenvalue weighted by molar-refractivity contribution is -0.415. The van der Waals surface area contributed by atoms with Crippen LogP contribution in [0.2, 0.25) is 0 Å². The first-order chi connectivity index (χ1) is 51.9. The molecule has 0 aliphatic carbocycles. The second-order valence-electron chi connectivity index (χ2n) is 27.4. The second kappa shape index (κ2) is 38.9. The quantitative estimate of drug-likeness (QED) is 0.0230. The van der Waals surface area contributed by atoms with E-state index in [0.717, 1.165) is 38.9 Å². The number of nitrogens with one attached hydrogen (secondary N) is 1. The average molecular weight is 1530 g/mol. The molecule has 107 heavy (non-hydrogen) atoms. The fourth-order valence-electron chi connectivity index (χ4n) is 13.7. The van der Waals surface area contributed by atoms with Crippen molar-refractivity contribution in [2.45, 2.75) is 213 Å². The van der Waals surface area contributed by atoms with E-state index in [1.165, 1.54) is 6.92 Å². The van der Waals surface area contributed by atoms with Gasteiger partial charge in [-0.25, -0.2) is 0 Å². The maximum absolute atomic E-state index is 14.8. The van der Waals surface area contributed by atoms with Crippen molar-refractivity contribution in [1.29, 1.82) is 0 Å². The van der Waals surface area contributed by atoms with Gasteiger partial charge in [0.25, 0.3) is 9.70 Å². The molecular weight excluding hydrogens is 1440 g/mol. The summed E-state index contributed by atoms with van der Waals surface area (Å²) in [6, 6.07) is 66.3. The first kappa shape index (κ1) is 79.9. The molecule has 1 N–H and O–H groups in total. The SMILES string of the molecule is C=CCO[C@@H]1O[C@@H](C)[C@H](OCc2ccccc2)[C@@H](O[C@H]2O[C@H](COCc3ccccc3)[C@@H](OCc3ccccc3)[C@H](OCc3ccccc3)[C@H]2OCc2ccccc2)[C@H]1O[C@@H]1O[C@@H]2COC(C)(C)O[C@H]2[C@H](O[C@@H]2O[C@@H](C)[C@H](OCc3ccccc3)[C@@H](OCc3ccccc3)[C@H]2OC(C)=O)[C@H]1NC(=O)C(Cl)(Cl)Cl. The molecule has 5 saturated heterocycles. The Morgan fingerprint density at radius 2 is 0.841 bits per heavy atom. The smallest absolute Gasteiger partial charge is 0.303 e. The summed E-state index contributed by atoms with van der Waals surface area (Å²) in [5.41, 5.74) is 6.08. The molecule has 572 valence electrons. The molecule has 5 aliphatic rings. The number of halogens is 3. The molecule has 7 aromatic rings. The fourth-order valence-corrected chi connectivity index (χ4v) is 13.9. The van der Waals surface area contributed by atoms with Gasteiger partial charge in [0.05, 0.1) is 78.3 Å². The highest BCUT2D eigenvalue weighted by molar-refractivity contribution is 6.76. The zero-order chi connectivity index (χ0) is 74.7. The topological polar surface area (TPSA) is 212 Å². The molecule has 20 atom stereocenters. The Labute approximate surface area is 640 Å². The normalized spacial score (nSPS) is 30.0. The largest absolute Gasteiger partial charge is 0.454 e. The minimum atomic E-state index is -2.60. The Morgan fingerprint density at radius 1 is 0.458 bits per heavy atom. The van der Waals surface area contributed by atoms with Gasteiger partial charge in [0.15, 0.2) is 37.1 Å². The number of alkyl halides is 3. The van der Waals surface area contributed by atoms with Crippen molar-refractivity contribution >= 4 is 46.7 Å². The first-order valence-electron chi connectivity index (χ1n) is 36.2. The van der Waals surface area contributed by atoms with Crippen LogP contribution < -0.4 is 5.32 Å². The standard InChI is InChI=1S/C83H94Cl3NO20/c1-7-43-91-78-76(106-77-65(87-81(89)83(84,85)86)70(69-64(102-77)52-98-82(5,6)107-69)104-80-75(101-55(4)88)71(95-48-60-37-23-12-24-38-60)66(53(2)100-80)92-45-57-31-17-9-18-32-57)73(67(54(3)99-78)93-46-58-33-19-10-20-34-58)105-79-74(97-50-62-41-27-14-28-42-62)72(96-49-61-39-25-13-26-40-61)68(94-47-59-35-21-11-22-36-59)63(103-79)51-90-44-56-29-15-8-16-30-56/h7-42,53-54,63-80H,1,43-52H2,2-6H3,(H,87,89)/t53-,54-,63+,64+,65+,66-,67-,68+,69+,70+,71+,72-,73+,74+,75+,76+,77-,78+,79+,80-/m0/s1. The maximum atomic E-state index is 14.8. The lowest BCUT2D eigenvalue weighted by Crippen LogP contribution is -2.72. The van der Waals surface area contributed by atoms with Crippen LogP contribution in [0.4, 0.5) is 0 Å². The van der Waals surface area contributed by atoms with Crippen molar-refractivity contribution in [3.05, 3.63) is 264 Å². The number of carbonyl (C=O) groups is 2. The van der Waals surface area contributed by atoms with E-state index >= 15 is 0 Å². The zero-order valence-corrected chi connectivity index (χ0v) is 62.7. The predicted octanol–water partition coefficient (Wildman–Crippen LogP) is 13.0. The molecule has 5 aliphatic heterocycles. The lowest BCUT2D eigenvalue weighted by atomic mass is 9.93. The Bertz CT molecular complexity index is 3810. The molecule has 0 bridgehead atoms. The lowest BCUT2D eigenvalue weighted by Gasteiger charge is -2.54. The van der Waals surface area contributed by atoms with Crippen molar-refractivity contribution in [2.24, 2.45) is 0 Å². The van der Waals surface area contributed by atoms with Gasteiger partial charge in [-0.05, 0) is 66.6 Å². The molecular formula is C83H94Cl3NO20. The first-order valence-corrected chi connectivity index (χ1v) is 37.3.